The quantitative estimate of drug-likeness (QED) is 0.883. The summed E-state index contributed by atoms with van der Waals surface area (Å²) in [5.74, 6) is 0.275. The van der Waals surface area contributed by atoms with E-state index < -0.39 is 0 Å². The SMILES string of the molecule is CCc1ccc(-n2cc(F)cn2)nc1.Cl.N. The van der Waals surface area contributed by atoms with Crippen LogP contribution in [0.1, 0.15) is 12.5 Å². The van der Waals surface area contributed by atoms with Crippen LogP contribution in [0.25, 0.3) is 5.82 Å². The molecule has 0 aromatic carbocycles. The molecule has 0 atom stereocenters. The van der Waals surface area contributed by atoms with Gasteiger partial charge in [-0.3, -0.25) is 0 Å². The smallest absolute Gasteiger partial charge is 0.161 e. The number of halogens is 2. The lowest BCUT2D eigenvalue weighted by atomic mass is 10.2. The topological polar surface area (TPSA) is 65.7 Å². The van der Waals surface area contributed by atoms with Gasteiger partial charge in [-0.25, -0.2) is 14.1 Å². The van der Waals surface area contributed by atoms with Crippen LogP contribution in [0, 0.1) is 5.82 Å². The first-order chi connectivity index (χ1) is 6.79. The lowest BCUT2D eigenvalue weighted by molar-refractivity contribution is 0.627. The largest absolute Gasteiger partial charge is 0.344 e. The molecule has 2 rings (SSSR count). The zero-order chi connectivity index (χ0) is 9.97. The molecule has 2 heterocycles. The molecule has 16 heavy (non-hydrogen) atoms. The first kappa shape index (κ1) is 14.5. The van der Waals surface area contributed by atoms with E-state index in [-0.39, 0.29) is 24.4 Å². The molecule has 0 aliphatic heterocycles. The molecule has 0 aliphatic carbocycles. The first-order valence-corrected chi connectivity index (χ1v) is 4.45. The molecule has 0 radical (unpaired) electrons. The average molecular weight is 245 g/mol. The number of pyridine rings is 1. The van der Waals surface area contributed by atoms with Crippen molar-refractivity contribution < 1.29 is 4.39 Å². The molecule has 6 heteroatoms. The third-order valence-corrected chi connectivity index (χ3v) is 2.00. The van der Waals surface area contributed by atoms with Crippen molar-refractivity contribution in [3.63, 3.8) is 0 Å². The maximum Gasteiger partial charge on any atom is 0.161 e. The van der Waals surface area contributed by atoms with Gasteiger partial charge in [-0.1, -0.05) is 13.0 Å². The van der Waals surface area contributed by atoms with Gasteiger partial charge in [0.15, 0.2) is 11.6 Å². The van der Waals surface area contributed by atoms with Crippen molar-refractivity contribution in [2.45, 2.75) is 13.3 Å². The van der Waals surface area contributed by atoms with E-state index in [4.69, 9.17) is 0 Å². The van der Waals surface area contributed by atoms with Crippen LogP contribution in [0.15, 0.2) is 30.7 Å². The molecule has 0 saturated carbocycles. The van der Waals surface area contributed by atoms with Crippen LogP contribution in [-0.4, -0.2) is 14.8 Å². The second-order valence-corrected chi connectivity index (χ2v) is 2.98. The van der Waals surface area contributed by atoms with Crippen LogP contribution < -0.4 is 6.15 Å². The number of aromatic nitrogens is 3. The summed E-state index contributed by atoms with van der Waals surface area (Å²) in [6.07, 6.45) is 5.18. The average Bonchev–Trinajstić information content (AvgIpc) is 2.65. The van der Waals surface area contributed by atoms with E-state index in [0.29, 0.717) is 5.82 Å². The Morgan fingerprint density at radius 3 is 2.50 bits per heavy atom. The Labute approximate surface area is 99.5 Å². The molecule has 4 nitrogen and oxygen atoms in total. The molecular formula is C10H14ClFN4. The highest BCUT2D eigenvalue weighted by Crippen LogP contribution is 2.06. The van der Waals surface area contributed by atoms with Crippen LogP contribution >= 0.6 is 12.4 Å². The van der Waals surface area contributed by atoms with E-state index in [1.54, 1.807) is 6.20 Å². The molecule has 0 aliphatic rings. The second kappa shape index (κ2) is 6.19. The highest BCUT2D eigenvalue weighted by atomic mass is 35.5. The summed E-state index contributed by atoms with van der Waals surface area (Å²) in [4.78, 5) is 4.17. The van der Waals surface area contributed by atoms with Gasteiger partial charge in [0.2, 0.25) is 0 Å². The fraction of sp³-hybridized carbons (Fsp3) is 0.200. The number of aryl methyl sites for hydroxylation is 1. The Bertz CT molecular complexity index is 427. The van der Waals surface area contributed by atoms with Crippen LogP contribution in [0.4, 0.5) is 4.39 Å². The lowest BCUT2D eigenvalue weighted by Crippen LogP contribution is -1.97. The van der Waals surface area contributed by atoms with Gasteiger partial charge in [-0.2, -0.15) is 5.10 Å². The molecule has 3 N–H and O–H groups in total. The number of rotatable bonds is 2. The van der Waals surface area contributed by atoms with Gasteiger partial charge in [0.05, 0.1) is 12.4 Å². The van der Waals surface area contributed by atoms with Crippen molar-refractivity contribution in [3.8, 4) is 5.82 Å². The van der Waals surface area contributed by atoms with Crippen molar-refractivity contribution in [1.82, 2.24) is 20.9 Å². The zero-order valence-electron chi connectivity index (χ0n) is 8.93. The number of nitrogens with zero attached hydrogens (tertiary/aromatic N) is 3. The third-order valence-electron chi connectivity index (χ3n) is 2.00. The van der Waals surface area contributed by atoms with Crippen LogP contribution in [0.5, 0.6) is 0 Å². The predicted octanol–water partition coefficient (Wildman–Crippen LogP) is 2.55. The molecule has 0 unspecified atom stereocenters. The van der Waals surface area contributed by atoms with Crippen LogP contribution in [0.3, 0.4) is 0 Å². The van der Waals surface area contributed by atoms with Gasteiger partial charge in [-0.15, -0.1) is 12.4 Å². The highest BCUT2D eigenvalue weighted by molar-refractivity contribution is 5.85. The Hall–Kier alpha value is -1.46. The van der Waals surface area contributed by atoms with E-state index in [1.165, 1.54) is 10.9 Å². The lowest BCUT2D eigenvalue weighted by Gasteiger charge is -2.00. The summed E-state index contributed by atoms with van der Waals surface area (Å²) in [5, 5.41) is 3.82. The monoisotopic (exact) mass is 244 g/mol. The summed E-state index contributed by atoms with van der Waals surface area (Å²) < 4.78 is 14.1. The normalized spacial score (nSPS) is 9.12. The van der Waals surface area contributed by atoms with Crippen molar-refractivity contribution in [2.24, 2.45) is 0 Å². The van der Waals surface area contributed by atoms with E-state index in [1.807, 2.05) is 12.1 Å². The third kappa shape index (κ3) is 3.01. The Morgan fingerprint density at radius 1 is 1.31 bits per heavy atom. The maximum absolute atomic E-state index is 12.6. The molecule has 0 saturated heterocycles. The van der Waals surface area contributed by atoms with E-state index in [9.17, 15) is 4.39 Å². The Kier molecular flexibility index (Phi) is 5.63. The molecular weight excluding hydrogens is 231 g/mol. The van der Waals surface area contributed by atoms with Crippen molar-refractivity contribution >= 4 is 12.4 Å². The van der Waals surface area contributed by atoms with Crippen molar-refractivity contribution in [3.05, 3.63) is 42.1 Å². The maximum atomic E-state index is 12.6. The summed E-state index contributed by atoms with van der Waals surface area (Å²) >= 11 is 0. The number of hydrogen-bond acceptors (Lipinski definition) is 3. The van der Waals surface area contributed by atoms with Crippen LogP contribution in [-0.2, 0) is 6.42 Å². The minimum atomic E-state index is -0.355. The van der Waals surface area contributed by atoms with Crippen molar-refractivity contribution in [2.75, 3.05) is 0 Å². The summed E-state index contributed by atoms with van der Waals surface area (Å²) in [6, 6.07) is 3.78. The Balaban J connectivity index is 0.00000112. The van der Waals surface area contributed by atoms with Crippen molar-refractivity contribution in [1.29, 1.82) is 0 Å². The molecule has 0 bridgehead atoms. The molecule has 88 valence electrons. The number of hydrogen-bond donors (Lipinski definition) is 1. The van der Waals surface area contributed by atoms with Gasteiger partial charge in [0.1, 0.15) is 0 Å². The summed E-state index contributed by atoms with van der Waals surface area (Å²) in [6.45, 7) is 2.06. The van der Waals surface area contributed by atoms with Gasteiger partial charge < -0.3 is 6.15 Å². The minimum absolute atomic E-state index is 0. The van der Waals surface area contributed by atoms with Gasteiger partial charge in [0.25, 0.3) is 0 Å². The summed E-state index contributed by atoms with van der Waals surface area (Å²) in [7, 11) is 0. The molecule has 0 fully saturated rings. The van der Waals surface area contributed by atoms with Gasteiger partial charge in [0, 0.05) is 6.20 Å². The molecule has 0 amide bonds. The molecule has 0 spiro atoms. The predicted molar refractivity (Wildman–Crippen MR) is 63.0 cm³/mol. The highest BCUT2D eigenvalue weighted by Gasteiger charge is 2.00. The second-order valence-electron chi connectivity index (χ2n) is 2.98. The molecule has 2 aromatic heterocycles. The Morgan fingerprint density at radius 2 is 2.06 bits per heavy atom. The fourth-order valence-electron chi connectivity index (χ4n) is 1.19. The minimum Gasteiger partial charge on any atom is -0.344 e. The van der Waals surface area contributed by atoms with Crippen LogP contribution in [0.2, 0.25) is 0 Å². The van der Waals surface area contributed by atoms with Gasteiger partial charge >= 0.3 is 0 Å². The summed E-state index contributed by atoms with van der Waals surface area (Å²) in [5.41, 5.74) is 1.15. The molecule has 2 aromatic rings. The van der Waals surface area contributed by atoms with E-state index in [2.05, 4.69) is 17.0 Å². The van der Waals surface area contributed by atoms with Gasteiger partial charge in [-0.05, 0) is 18.1 Å². The standard InChI is InChI=1S/C10H10FN3.ClH.H3N/c1-2-8-3-4-10(12-5-8)14-7-9(11)6-13-14;;/h3-7H,2H2,1H3;1H;1H3. The van der Waals surface area contributed by atoms with E-state index in [0.717, 1.165) is 18.2 Å². The first-order valence-electron chi connectivity index (χ1n) is 4.45. The zero-order valence-corrected chi connectivity index (χ0v) is 9.75. The fourth-order valence-corrected chi connectivity index (χ4v) is 1.19. The van der Waals surface area contributed by atoms with E-state index >= 15 is 0 Å².